The first kappa shape index (κ1) is 41.6. The minimum atomic E-state index is -0.543. The molecule has 2 aliphatic heterocycles. The third kappa shape index (κ3) is 8.90. The van der Waals surface area contributed by atoms with E-state index in [1.54, 1.807) is 84.9 Å². The van der Waals surface area contributed by atoms with Crippen LogP contribution in [-0.2, 0) is 37.7 Å². The number of aryl methyl sites for hydroxylation is 4. The van der Waals surface area contributed by atoms with Gasteiger partial charge in [-0.15, -0.1) is 0 Å². The molecule has 0 unspecified atom stereocenters. The van der Waals surface area contributed by atoms with Gasteiger partial charge in [0, 0.05) is 78.2 Å². The summed E-state index contributed by atoms with van der Waals surface area (Å²) in [6.45, 7) is 0.894. The lowest BCUT2D eigenvalue weighted by Crippen LogP contribution is -2.35. The first-order valence-corrected chi connectivity index (χ1v) is 19.4. The summed E-state index contributed by atoms with van der Waals surface area (Å²) in [5, 5.41) is 11.1. The van der Waals surface area contributed by atoms with E-state index in [-0.39, 0.29) is 53.7 Å². The molecule has 0 radical (unpaired) electrons. The van der Waals surface area contributed by atoms with Crippen molar-refractivity contribution in [3.05, 3.63) is 89.5 Å². The van der Waals surface area contributed by atoms with Crippen molar-refractivity contribution in [2.75, 3.05) is 48.6 Å². The first-order valence-electron chi connectivity index (χ1n) is 19.4. The molecular formula is C42H46N10O9. The number of amides is 5. The van der Waals surface area contributed by atoms with Crippen molar-refractivity contribution in [3.8, 4) is 11.5 Å². The van der Waals surface area contributed by atoms with Gasteiger partial charge in [0.15, 0.2) is 11.5 Å². The molecule has 0 saturated carbocycles. The van der Waals surface area contributed by atoms with Crippen molar-refractivity contribution in [1.29, 1.82) is 0 Å². The monoisotopic (exact) mass is 834 g/mol. The predicted octanol–water partition coefficient (Wildman–Crippen LogP) is 4.71. The maximum Gasteiger partial charge on any atom is 0.354 e. The quantitative estimate of drug-likeness (QED) is 0.0900. The average molecular weight is 835 g/mol. The van der Waals surface area contributed by atoms with Crippen LogP contribution in [0.3, 0.4) is 0 Å². The van der Waals surface area contributed by atoms with E-state index in [9.17, 15) is 28.8 Å². The number of carbonyl (C=O) groups excluding carboxylic acids is 6. The minimum absolute atomic E-state index is 0.0162. The van der Waals surface area contributed by atoms with E-state index in [0.717, 1.165) is 12.8 Å². The molecule has 5 amide bonds. The van der Waals surface area contributed by atoms with Gasteiger partial charge in [0.2, 0.25) is 5.91 Å². The number of benzene rings is 1. The van der Waals surface area contributed by atoms with Gasteiger partial charge < -0.3 is 58.6 Å². The normalized spacial score (nSPS) is 14.2. The number of fused-ring (bicyclic) bond motifs is 2. The third-order valence-electron chi connectivity index (χ3n) is 10.4. The number of aliphatic imine (C=N–C) groups is 1. The zero-order chi connectivity index (χ0) is 43.5. The number of esters is 1. The fourth-order valence-corrected chi connectivity index (χ4v) is 7.36. The lowest BCUT2D eigenvalue weighted by Gasteiger charge is -2.20. The van der Waals surface area contributed by atoms with Gasteiger partial charge in [-0.3, -0.25) is 29.0 Å². The average Bonchev–Trinajstić information content (AvgIpc) is 4.06. The number of aromatic nitrogens is 4. The lowest BCUT2D eigenvalue weighted by atomic mass is 10.1. The number of ether oxygens (including phenoxy) is 3. The molecule has 19 heteroatoms. The van der Waals surface area contributed by atoms with Crippen molar-refractivity contribution in [2.45, 2.75) is 31.7 Å². The van der Waals surface area contributed by atoms with E-state index in [1.807, 2.05) is 11.1 Å². The molecule has 61 heavy (non-hydrogen) atoms. The summed E-state index contributed by atoms with van der Waals surface area (Å²) in [5.74, 6) is -1.48. The van der Waals surface area contributed by atoms with Gasteiger partial charge in [0.25, 0.3) is 23.6 Å². The van der Waals surface area contributed by atoms with Crippen LogP contribution in [0.25, 0.3) is 0 Å². The standard InChI is InChI=1S/C42H46N10O9/c1-48-20-24(44-37(53)10-8-12-61-36-18-30-29(17-35(36)59-5)41(57)52-11-7-9-28(52)19-43-30)13-31(48)38(54)45-25-14-32(49(2)21-25)39(55)46-26-15-33(50(3)22-26)40(56)47-27-16-34(42(58)60-6)51(4)23-27/h13-23,28H,7-12H2,1-6H3,(H,44,53)(H,45,54)(H,46,55)(H,47,56)/t28-/m0/s1. The van der Waals surface area contributed by atoms with Gasteiger partial charge in [-0.2, -0.15) is 0 Å². The molecule has 0 bridgehead atoms. The highest BCUT2D eigenvalue weighted by Crippen LogP contribution is 2.38. The second-order valence-electron chi connectivity index (χ2n) is 14.8. The van der Waals surface area contributed by atoms with E-state index in [4.69, 9.17) is 14.2 Å². The number of hydrogen-bond acceptors (Lipinski definition) is 10. The Morgan fingerprint density at radius 3 is 1.72 bits per heavy atom. The van der Waals surface area contributed by atoms with Gasteiger partial charge in [-0.1, -0.05) is 0 Å². The summed E-state index contributed by atoms with van der Waals surface area (Å²) in [5.41, 5.74) is 3.52. The molecule has 1 fully saturated rings. The number of nitrogens with one attached hydrogen (secondary N) is 4. The summed E-state index contributed by atoms with van der Waals surface area (Å²) in [4.78, 5) is 84.0. The Morgan fingerprint density at radius 1 is 0.689 bits per heavy atom. The largest absolute Gasteiger partial charge is 0.493 e. The predicted molar refractivity (Wildman–Crippen MR) is 225 cm³/mol. The molecule has 1 aromatic carbocycles. The Labute approximate surface area is 350 Å². The van der Waals surface area contributed by atoms with Gasteiger partial charge in [0.05, 0.1) is 60.9 Å². The second kappa shape index (κ2) is 17.3. The van der Waals surface area contributed by atoms with Crippen molar-refractivity contribution in [2.24, 2.45) is 33.2 Å². The van der Waals surface area contributed by atoms with E-state index in [1.165, 1.54) is 37.0 Å². The molecular weight excluding hydrogens is 789 g/mol. The van der Waals surface area contributed by atoms with Crippen molar-refractivity contribution in [3.63, 3.8) is 0 Å². The Bertz CT molecular complexity index is 2590. The van der Waals surface area contributed by atoms with Crippen LogP contribution in [0.2, 0.25) is 0 Å². The van der Waals surface area contributed by atoms with Gasteiger partial charge in [-0.25, -0.2) is 4.79 Å². The fourth-order valence-electron chi connectivity index (χ4n) is 7.36. The molecule has 4 N–H and O–H groups in total. The van der Waals surface area contributed by atoms with Gasteiger partial charge in [-0.05, 0) is 49.6 Å². The van der Waals surface area contributed by atoms with Crippen LogP contribution in [-0.4, -0.2) is 98.3 Å². The smallest absolute Gasteiger partial charge is 0.354 e. The maximum absolute atomic E-state index is 13.3. The number of anilines is 4. The number of hydrogen-bond donors (Lipinski definition) is 4. The third-order valence-corrected chi connectivity index (χ3v) is 10.4. The number of nitrogens with zero attached hydrogens (tertiary/aromatic N) is 6. The SMILES string of the molecule is COC(=O)c1cc(NC(=O)c2cc(NC(=O)c3cc(NC(=O)c4cc(NC(=O)CCCOc5cc6c(cc5OC)C(=O)N5CCC[C@H]5C=N6)cn4C)cn3C)cn2C)cn1C. The Morgan fingerprint density at radius 2 is 1.20 bits per heavy atom. The summed E-state index contributed by atoms with van der Waals surface area (Å²) < 4.78 is 22.4. The van der Waals surface area contributed by atoms with Crippen molar-refractivity contribution < 1.29 is 43.0 Å². The number of methoxy groups -OCH3 is 2. The van der Waals surface area contributed by atoms with Crippen LogP contribution >= 0.6 is 0 Å². The van der Waals surface area contributed by atoms with Crippen LogP contribution in [0.1, 0.15) is 78.0 Å². The number of carbonyl (C=O) groups is 6. The Balaban J connectivity index is 0.898. The molecule has 1 atom stereocenters. The molecule has 318 valence electrons. The summed E-state index contributed by atoms with van der Waals surface area (Å²) in [6, 6.07) is 9.40. The molecule has 0 aliphatic carbocycles. The van der Waals surface area contributed by atoms with Crippen molar-refractivity contribution >= 4 is 70.2 Å². The van der Waals surface area contributed by atoms with E-state index < -0.39 is 23.7 Å². The second-order valence-corrected chi connectivity index (χ2v) is 14.8. The molecule has 4 aromatic heterocycles. The van der Waals surface area contributed by atoms with Crippen molar-refractivity contribution in [1.82, 2.24) is 23.2 Å². The topological polar surface area (TPSA) is 214 Å². The highest BCUT2D eigenvalue weighted by atomic mass is 16.5. The van der Waals surface area contributed by atoms with E-state index in [2.05, 4.69) is 26.3 Å². The summed E-state index contributed by atoms with van der Waals surface area (Å²) >= 11 is 0. The van der Waals surface area contributed by atoms with Crippen LogP contribution in [0.4, 0.5) is 28.4 Å². The Hall–Kier alpha value is -7.57. The highest BCUT2D eigenvalue weighted by molar-refractivity contribution is 6.09. The van der Waals surface area contributed by atoms with Crippen LogP contribution in [0.5, 0.6) is 11.5 Å². The molecule has 0 spiro atoms. The molecule has 7 rings (SSSR count). The molecule has 6 heterocycles. The number of rotatable bonds is 14. The van der Waals surface area contributed by atoms with Crippen LogP contribution < -0.4 is 30.7 Å². The first-order chi connectivity index (χ1) is 29.2. The highest BCUT2D eigenvalue weighted by Gasteiger charge is 2.32. The van der Waals surface area contributed by atoms with Gasteiger partial charge in [0.1, 0.15) is 22.8 Å². The van der Waals surface area contributed by atoms with E-state index in [0.29, 0.717) is 58.5 Å². The fraction of sp³-hybridized carbons (Fsp3) is 0.310. The zero-order valence-electron chi connectivity index (χ0n) is 34.5. The lowest BCUT2D eigenvalue weighted by molar-refractivity contribution is -0.116. The Kier molecular flexibility index (Phi) is 11.8. The summed E-state index contributed by atoms with van der Waals surface area (Å²) in [6.07, 6.45) is 10.5. The zero-order valence-corrected chi connectivity index (χ0v) is 34.5. The molecule has 19 nitrogen and oxygen atoms in total. The van der Waals surface area contributed by atoms with Crippen LogP contribution in [0, 0.1) is 0 Å². The van der Waals surface area contributed by atoms with Gasteiger partial charge >= 0.3 is 5.97 Å². The summed E-state index contributed by atoms with van der Waals surface area (Å²) in [7, 11) is 9.41. The minimum Gasteiger partial charge on any atom is -0.493 e. The van der Waals surface area contributed by atoms with E-state index >= 15 is 0 Å². The molecule has 1 saturated heterocycles. The molecule has 5 aromatic rings. The maximum atomic E-state index is 13.3. The van der Waals surface area contributed by atoms with Crippen LogP contribution in [0.15, 0.2) is 66.2 Å². The molecule has 2 aliphatic rings.